The third kappa shape index (κ3) is 6.34. The molecule has 0 spiro atoms. The third-order valence-electron chi connectivity index (χ3n) is 6.03. The summed E-state index contributed by atoms with van der Waals surface area (Å²) in [6.07, 6.45) is 0.402. The number of alkyl carbamates (subject to hydrolysis) is 1. The van der Waals surface area contributed by atoms with E-state index in [0.717, 1.165) is 22.3 Å². The first-order chi connectivity index (χ1) is 15.7. The Balaban J connectivity index is 1.54. The van der Waals surface area contributed by atoms with Crippen LogP contribution in [-0.4, -0.2) is 41.3 Å². The monoisotopic (exact) mass is 452 g/mol. The molecule has 176 valence electrons. The van der Waals surface area contributed by atoms with Crippen LogP contribution in [0.1, 0.15) is 63.5 Å². The molecule has 0 bridgehead atoms. The Labute approximate surface area is 194 Å². The fraction of sp³-hybridized carbons (Fsp3) is 0.423. The fourth-order valence-electron chi connectivity index (χ4n) is 4.24. The molecule has 3 rings (SSSR count). The second-order valence-corrected chi connectivity index (χ2v) is 9.10. The lowest BCUT2D eigenvalue weighted by molar-refractivity contribution is -0.137. The molecule has 0 saturated carbocycles. The zero-order valence-electron chi connectivity index (χ0n) is 19.4. The van der Waals surface area contributed by atoms with Gasteiger partial charge in [-0.05, 0) is 48.9 Å². The summed E-state index contributed by atoms with van der Waals surface area (Å²) in [7, 11) is 0. The van der Waals surface area contributed by atoms with Gasteiger partial charge >= 0.3 is 12.1 Å². The van der Waals surface area contributed by atoms with Gasteiger partial charge in [-0.15, -0.1) is 0 Å². The number of ether oxygens (including phenoxy) is 1. The van der Waals surface area contributed by atoms with Gasteiger partial charge in [-0.25, -0.2) is 4.79 Å². The Morgan fingerprint density at radius 2 is 1.61 bits per heavy atom. The highest BCUT2D eigenvalue weighted by molar-refractivity contribution is 5.80. The Morgan fingerprint density at radius 3 is 2.15 bits per heavy atom. The first-order valence-electron chi connectivity index (χ1n) is 11.3. The van der Waals surface area contributed by atoms with E-state index in [9.17, 15) is 14.4 Å². The van der Waals surface area contributed by atoms with E-state index in [0.29, 0.717) is 12.8 Å². The molecule has 2 aromatic rings. The minimum atomic E-state index is -0.902. The van der Waals surface area contributed by atoms with Crippen LogP contribution < -0.4 is 10.6 Å². The van der Waals surface area contributed by atoms with Gasteiger partial charge in [0.2, 0.25) is 5.91 Å². The lowest BCUT2D eigenvalue weighted by Gasteiger charge is -2.27. The maximum atomic E-state index is 12.5. The standard InChI is InChI=1S/C26H32N2O5/c1-4-17(15-23(29)28-26(2,3)14-13-24(30)31)27-25(32)33-16-22-20-11-7-5-9-18(20)19-10-6-8-12-21(19)22/h5-12,17,22H,4,13-16H2,1-3H3,(H,27,32)(H,28,29)(H,30,31)/t17-/m0/s1. The van der Waals surface area contributed by atoms with E-state index in [-0.39, 0.29) is 37.3 Å². The number of carboxylic acid groups (broad SMARTS) is 1. The predicted octanol–water partition coefficient (Wildman–Crippen LogP) is 4.45. The SMILES string of the molecule is CC[C@@H](CC(=O)NC(C)(C)CCC(=O)O)NC(=O)OCC1c2ccccc2-c2ccccc21. The summed E-state index contributed by atoms with van der Waals surface area (Å²) in [6, 6.07) is 15.9. The van der Waals surface area contributed by atoms with Crippen LogP contribution >= 0.6 is 0 Å². The largest absolute Gasteiger partial charge is 0.481 e. The van der Waals surface area contributed by atoms with Gasteiger partial charge in [0.25, 0.3) is 0 Å². The highest BCUT2D eigenvalue weighted by Gasteiger charge is 2.29. The van der Waals surface area contributed by atoms with Gasteiger partial charge in [0.15, 0.2) is 0 Å². The smallest absolute Gasteiger partial charge is 0.407 e. The lowest BCUT2D eigenvalue weighted by atomic mass is 9.97. The number of aliphatic carboxylic acids is 1. The van der Waals surface area contributed by atoms with Gasteiger partial charge in [0.1, 0.15) is 6.61 Å². The maximum Gasteiger partial charge on any atom is 0.407 e. The van der Waals surface area contributed by atoms with Crippen molar-refractivity contribution in [2.45, 2.75) is 64.0 Å². The number of carbonyl (C=O) groups is 3. The Morgan fingerprint density at radius 1 is 1.03 bits per heavy atom. The molecule has 0 heterocycles. The minimum Gasteiger partial charge on any atom is -0.481 e. The van der Waals surface area contributed by atoms with E-state index in [1.165, 1.54) is 0 Å². The van der Waals surface area contributed by atoms with Crippen molar-refractivity contribution in [3.63, 3.8) is 0 Å². The van der Waals surface area contributed by atoms with Crippen molar-refractivity contribution >= 4 is 18.0 Å². The summed E-state index contributed by atoms with van der Waals surface area (Å²) < 4.78 is 5.57. The number of carbonyl (C=O) groups excluding carboxylic acids is 2. The molecule has 2 amide bonds. The summed E-state index contributed by atoms with van der Waals surface area (Å²) in [5.41, 5.74) is 3.96. The van der Waals surface area contributed by atoms with Gasteiger partial charge in [0, 0.05) is 30.3 Å². The van der Waals surface area contributed by atoms with Crippen molar-refractivity contribution in [1.29, 1.82) is 0 Å². The molecule has 0 saturated heterocycles. The molecule has 3 N–H and O–H groups in total. The molecule has 0 radical (unpaired) electrons. The molecule has 1 atom stereocenters. The number of hydrogen-bond acceptors (Lipinski definition) is 4. The highest BCUT2D eigenvalue weighted by atomic mass is 16.5. The van der Waals surface area contributed by atoms with Gasteiger partial charge in [-0.2, -0.15) is 0 Å². The molecular formula is C26H32N2O5. The molecule has 2 aromatic carbocycles. The number of fused-ring (bicyclic) bond motifs is 3. The minimum absolute atomic E-state index is 0.0253. The van der Waals surface area contributed by atoms with E-state index in [4.69, 9.17) is 9.84 Å². The van der Waals surface area contributed by atoms with Crippen molar-refractivity contribution in [2.75, 3.05) is 6.61 Å². The van der Waals surface area contributed by atoms with Crippen LogP contribution in [0.3, 0.4) is 0 Å². The van der Waals surface area contributed by atoms with Gasteiger partial charge in [-0.1, -0.05) is 55.5 Å². The van der Waals surface area contributed by atoms with Crippen LogP contribution in [0, 0.1) is 0 Å². The first kappa shape index (κ1) is 24.3. The summed E-state index contributed by atoms with van der Waals surface area (Å²) in [5.74, 6) is -1.17. The number of nitrogens with one attached hydrogen (secondary N) is 2. The number of amides is 2. The molecule has 7 nitrogen and oxygen atoms in total. The van der Waals surface area contributed by atoms with Crippen molar-refractivity contribution in [2.24, 2.45) is 0 Å². The Bertz CT molecular complexity index is 972. The molecule has 0 fully saturated rings. The third-order valence-corrected chi connectivity index (χ3v) is 6.03. The van der Waals surface area contributed by atoms with Crippen LogP contribution in [0.25, 0.3) is 11.1 Å². The number of carboxylic acids is 1. The topological polar surface area (TPSA) is 105 Å². The van der Waals surface area contributed by atoms with Crippen LogP contribution in [0.2, 0.25) is 0 Å². The van der Waals surface area contributed by atoms with E-state index >= 15 is 0 Å². The van der Waals surface area contributed by atoms with E-state index in [1.807, 2.05) is 31.2 Å². The van der Waals surface area contributed by atoms with Crippen molar-refractivity contribution in [3.05, 3.63) is 59.7 Å². The molecule has 1 aliphatic carbocycles. The summed E-state index contributed by atoms with van der Waals surface area (Å²) in [4.78, 5) is 35.7. The summed E-state index contributed by atoms with van der Waals surface area (Å²) >= 11 is 0. The zero-order chi connectivity index (χ0) is 24.0. The highest BCUT2D eigenvalue weighted by Crippen LogP contribution is 2.44. The van der Waals surface area contributed by atoms with E-state index < -0.39 is 17.6 Å². The number of rotatable bonds is 10. The maximum absolute atomic E-state index is 12.5. The van der Waals surface area contributed by atoms with Crippen molar-refractivity contribution in [3.8, 4) is 11.1 Å². The second kappa shape index (κ2) is 10.5. The van der Waals surface area contributed by atoms with Crippen molar-refractivity contribution in [1.82, 2.24) is 10.6 Å². The predicted molar refractivity (Wildman–Crippen MR) is 126 cm³/mol. The normalized spacial score (nSPS) is 13.5. The van der Waals surface area contributed by atoms with Crippen LogP contribution in [0.15, 0.2) is 48.5 Å². The fourth-order valence-corrected chi connectivity index (χ4v) is 4.24. The second-order valence-electron chi connectivity index (χ2n) is 9.10. The summed E-state index contributed by atoms with van der Waals surface area (Å²) in [5, 5.41) is 14.5. The average Bonchev–Trinajstić information content (AvgIpc) is 3.09. The van der Waals surface area contributed by atoms with Crippen LogP contribution in [-0.2, 0) is 14.3 Å². The molecule has 0 aliphatic heterocycles. The zero-order valence-corrected chi connectivity index (χ0v) is 19.4. The molecular weight excluding hydrogens is 420 g/mol. The van der Waals surface area contributed by atoms with Gasteiger partial charge in [0.05, 0.1) is 0 Å². The van der Waals surface area contributed by atoms with E-state index in [1.54, 1.807) is 13.8 Å². The lowest BCUT2D eigenvalue weighted by Crippen LogP contribution is -2.46. The van der Waals surface area contributed by atoms with Crippen molar-refractivity contribution < 1.29 is 24.2 Å². The average molecular weight is 453 g/mol. The molecule has 1 aliphatic rings. The Hall–Kier alpha value is -3.35. The molecule has 33 heavy (non-hydrogen) atoms. The quantitative estimate of drug-likeness (QED) is 0.494. The number of benzene rings is 2. The van der Waals surface area contributed by atoms with Gasteiger partial charge in [-0.3, -0.25) is 9.59 Å². The molecule has 7 heteroatoms. The first-order valence-corrected chi connectivity index (χ1v) is 11.3. The van der Waals surface area contributed by atoms with Crippen LogP contribution in [0.4, 0.5) is 4.79 Å². The molecule has 0 aromatic heterocycles. The molecule has 0 unspecified atom stereocenters. The van der Waals surface area contributed by atoms with Gasteiger partial charge < -0.3 is 20.5 Å². The number of hydrogen-bond donors (Lipinski definition) is 3. The van der Waals surface area contributed by atoms with Crippen LogP contribution in [0.5, 0.6) is 0 Å². The Kier molecular flexibility index (Phi) is 7.74. The summed E-state index contributed by atoms with van der Waals surface area (Å²) in [6.45, 7) is 5.67. The van der Waals surface area contributed by atoms with E-state index in [2.05, 4.69) is 34.9 Å².